The Labute approximate surface area is 296 Å². The van der Waals surface area contributed by atoms with Gasteiger partial charge in [-0.15, -0.1) is 5.10 Å². The summed E-state index contributed by atoms with van der Waals surface area (Å²) in [6, 6.07) is 15.8. The van der Waals surface area contributed by atoms with Crippen molar-refractivity contribution in [3.8, 4) is 17.1 Å². The van der Waals surface area contributed by atoms with Gasteiger partial charge in [0.2, 0.25) is 5.16 Å². The Kier molecular flexibility index (Phi) is 9.75. The Bertz CT molecular complexity index is 2330. The van der Waals surface area contributed by atoms with E-state index in [2.05, 4.69) is 20.2 Å². The number of hydrogen-bond donors (Lipinski definition) is 1. The minimum Gasteiger partial charge on any atom is -0.497 e. The van der Waals surface area contributed by atoms with Crippen LogP contribution in [-0.2, 0) is 9.53 Å². The van der Waals surface area contributed by atoms with Crippen molar-refractivity contribution in [2.75, 3.05) is 7.11 Å². The fourth-order valence-corrected chi connectivity index (χ4v) is 7.50. The van der Waals surface area contributed by atoms with Crippen LogP contribution in [0, 0.1) is 10.1 Å². The third kappa shape index (κ3) is 7.04. The quantitative estimate of drug-likeness (QED) is 0.104. The molecule has 3 aromatic carbocycles. The number of nitrogens with zero attached hydrogens (tertiary/aromatic N) is 5. The molecule has 3 heterocycles. The molecule has 12 nitrogen and oxygen atoms in total. The van der Waals surface area contributed by atoms with E-state index in [9.17, 15) is 19.7 Å². The molecule has 16 heteroatoms. The number of rotatable bonds is 9. The fourth-order valence-electron chi connectivity index (χ4n) is 5.16. The number of carbonyl (C=O) groups is 1. The van der Waals surface area contributed by atoms with E-state index in [1.54, 1.807) is 88.6 Å². The van der Waals surface area contributed by atoms with Crippen LogP contribution in [0.3, 0.4) is 0 Å². The zero-order chi connectivity index (χ0) is 35.0. The van der Waals surface area contributed by atoms with Gasteiger partial charge in [-0.1, -0.05) is 52.7 Å². The summed E-state index contributed by atoms with van der Waals surface area (Å²) in [5.41, 5.74) is 1.69. The summed E-state index contributed by atoms with van der Waals surface area (Å²) in [6.45, 7) is 5.19. The van der Waals surface area contributed by atoms with Gasteiger partial charge in [0.15, 0.2) is 10.6 Å². The van der Waals surface area contributed by atoms with E-state index in [-0.39, 0.29) is 20.9 Å². The third-order valence-corrected chi connectivity index (χ3v) is 9.81. The molecule has 0 fully saturated rings. The van der Waals surface area contributed by atoms with Crippen molar-refractivity contribution >= 4 is 64.0 Å². The Morgan fingerprint density at radius 3 is 2.57 bits per heavy atom. The summed E-state index contributed by atoms with van der Waals surface area (Å²) in [5.74, 6) is 0.410. The number of aromatic amines is 1. The van der Waals surface area contributed by atoms with Gasteiger partial charge in [0, 0.05) is 16.7 Å². The highest BCUT2D eigenvalue weighted by Crippen LogP contribution is 2.36. The van der Waals surface area contributed by atoms with Gasteiger partial charge < -0.3 is 9.47 Å². The molecule has 0 aliphatic carbocycles. The molecule has 0 unspecified atom stereocenters. The van der Waals surface area contributed by atoms with Crippen molar-refractivity contribution in [1.82, 2.24) is 19.7 Å². The van der Waals surface area contributed by atoms with Gasteiger partial charge >= 0.3 is 5.97 Å². The van der Waals surface area contributed by atoms with Crippen LogP contribution < -0.4 is 19.6 Å². The zero-order valence-corrected chi connectivity index (χ0v) is 29.4. The number of thiazole rings is 1. The lowest BCUT2D eigenvalue weighted by Crippen LogP contribution is -2.40. The number of ether oxygens (including phenoxy) is 2. The smallest absolute Gasteiger partial charge is 0.338 e. The van der Waals surface area contributed by atoms with E-state index in [0.717, 1.165) is 23.1 Å². The lowest BCUT2D eigenvalue weighted by Gasteiger charge is -2.25. The highest BCUT2D eigenvalue weighted by Gasteiger charge is 2.34. The third-order valence-electron chi connectivity index (χ3n) is 7.35. The number of methoxy groups -OCH3 is 1. The molecular weight excluding hydrogens is 711 g/mol. The number of aromatic nitrogens is 4. The maximum atomic E-state index is 14.0. The van der Waals surface area contributed by atoms with Crippen LogP contribution in [0.2, 0.25) is 10.0 Å². The monoisotopic (exact) mass is 736 g/mol. The van der Waals surface area contributed by atoms with Crippen molar-refractivity contribution in [3.63, 3.8) is 0 Å². The van der Waals surface area contributed by atoms with Gasteiger partial charge in [-0.05, 0) is 86.1 Å². The van der Waals surface area contributed by atoms with Crippen LogP contribution in [0.4, 0.5) is 5.69 Å². The standard InChI is InChI=1S/C33H26Cl2N6O6S2/c1-16(2)47-31(43)27-17(3)36-33-40(28(27)19-6-9-21(46-4)10-7-19)30(42)26(49-33)14-18-5-12-25(24(13-18)41(44)45)48-32-37-29(38-39-32)22-11-8-20(34)15-23(22)35/h5-16,28H,1-4H3,(H,37,38,39)/b26-14+/t28-/m0/s1. The molecule has 6 rings (SSSR count). The number of carbonyl (C=O) groups excluding carboxylic acids is 1. The molecular formula is C33H26Cl2N6O6S2. The molecule has 0 amide bonds. The van der Waals surface area contributed by atoms with Crippen LogP contribution in [0.15, 0.2) is 91.8 Å². The first-order chi connectivity index (χ1) is 23.4. The first-order valence-electron chi connectivity index (χ1n) is 14.6. The lowest BCUT2D eigenvalue weighted by atomic mass is 9.96. The van der Waals surface area contributed by atoms with E-state index < -0.39 is 28.6 Å². The first kappa shape index (κ1) is 34.1. The van der Waals surface area contributed by atoms with Gasteiger partial charge in [-0.3, -0.25) is 24.6 Å². The van der Waals surface area contributed by atoms with Crippen molar-refractivity contribution in [2.45, 2.75) is 43.0 Å². The average Bonchev–Trinajstić information content (AvgIpc) is 3.64. The number of allylic oxidation sites excluding steroid dienone is 1. The van der Waals surface area contributed by atoms with Gasteiger partial charge in [-0.2, -0.15) is 0 Å². The van der Waals surface area contributed by atoms with Gasteiger partial charge in [0.1, 0.15) is 5.75 Å². The molecule has 2 aromatic heterocycles. The normalized spacial score (nSPS) is 14.5. The Balaban J connectivity index is 1.38. The maximum absolute atomic E-state index is 14.0. The topological polar surface area (TPSA) is 155 Å². The van der Waals surface area contributed by atoms with Gasteiger partial charge in [-0.25, -0.2) is 14.8 Å². The molecule has 1 aliphatic rings. The number of fused-ring (bicyclic) bond motifs is 1. The number of esters is 1. The summed E-state index contributed by atoms with van der Waals surface area (Å²) in [6.07, 6.45) is 1.17. The molecule has 49 heavy (non-hydrogen) atoms. The molecule has 0 spiro atoms. The second-order valence-electron chi connectivity index (χ2n) is 11.0. The molecule has 1 aliphatic heterocycles. The van der Waals surface area contributed by atoms with Crippen molar-refractivity contribution < 1.29 is 19.2 Å². The van der Waals surface area contributed by atoms with Gasteiger partial charge in [0.05, 0.1) is 49.9 Å². The molecule has 250 valence electrons. The minimum absolute atomic E-state index is 0.201. The predicted molar refractivity (Wildman–Crippen MR) is 187 cm³/mol. The second-order valence-corrected chi connectivity index (χ2v) is 13.8. The molecule has 0 saturated carbocycles. The Morgan fingerprint density at radius 2 is 1.90 bits per heavy atom. The summed E-state index contributed by atoms with van der Waals surface area (Å²) < 4.78 is 12.6. The van der Waals surface area contributed by atoms with Crippen molar-refractivity contribution in [3.05, 3.63) is 123 Å². The number of benzene rings is 3. The van der Waals surface area contributed by atoms with Gasteiger partial charge in [0.25, 0.3) is 11.2 Å². The van der Waals surface area contributed by atoms with E-state index >= 15 is 0 Å². The lowest BCUT2D eigenvalue weighted by molar-refractivity contribution is -0.387. The Morgan fingerprint density at radius 1 is 1.14 bits per heavy atom. The summed E-state index contributed by atoms with van der Waals surface area (Å²) in [7, 11) is 1.55. The molecule has 1 atom stereocenters. The summed E-state index contributed by atoms with van der Waals surface area (Å²) in [5, 5.41) is 20.2. The van der Waals surface area contributed by atoms with Crippen LogP contribution >= 0.6 is 46.3 Å². The number of halogens is 2. The van der Waals surface area contributed by atoms with Crippen LogP contribution in [0.5, 0.6) is 5.75 Å². The maximum Gasteiger partial charge on any atom is 0.338 e. The SMILES string of the molecule is COc1ccc([C@H]2C(C(=O)OC(C)C)=C(C)N=c3s/c(=C/c4ccc(Sc5n[nH]c(-c6ccc(Cl)cc6Cl)n5)c([N+](=O)[O-])c4)c(=O)n32)cc1. The van der Waals surface area contributed by atoms with Crippen LogP contribution in [-0.4, -0.2) is 43.9 Å². The summed E-state index contributed by atoms with van der Waals surface area (Å²) >= 11 is 14.4. The highest BCUT2D eigenvalue weighted by atomic mass is 35.5. The van der Waals surface area contributed by atoms with E-state index in [4.69, 9.17) is 32.7 Å². The molecule has 0 bridgehead atoms. The van der Waals surface area contributed by atoms with Crippen molar-refractivity contribution in [1.29, 1.82) is 0 Å². The van der Waals surface area contributed by atoms with E-state index in [1.165, 1.54) is 10.6 Å². The number of nitrogens with one attached hydrogen (secondary N) is 1. The Hall–Kier alpha value is -4.76. The number of H-pyrrole nitrogens is 1. The molecule has 0 radical (unpaired) electrons. The summed E-state index contributed by atoms with van der Waals surface area (Å²) in [4.78, 5) is 48.7. The molecule has 5 aromatic rings. The largest absolute Gasteiger partial charge is 0.497 e. The fraction of sp³-hybridized carbons (Fsp3) is 0.182. The van der Waals surface area contributed by atoms with E-state index in [1.807, 2.05) is 0 Å². The highest BCUT2D eigenvalue weighted by molar-refractivity contribution is 7.99. The van der Waals surface area contributed by atoms with Crippen LogP contribution in [0.25, 0.3) is 17.5 Å². The minimum atomic E-state index is -0.822. The van der Waals surface area contributed by atoms with Crippen molar-refractivity contribution in [2.24, 2.45) is 4.99 Å². The second kappa shape index (κ2) is 14.0. The van der Waals surface area contributed by atoms with E-state index in [0.29, 0.717) is 53.7 Å². The van der Waals surface area contributed by atoms with Crippen LogP contribution in [0.1, 0.15) is 37.9 Å². The average molecular weight is 738 g/mol. The predicted octanol–water partition coefficient (Wildman–Crippen LogP) is 6.35. The number of hydrogen-bond acceptors (Lipinski definition) is 11. The molecule has 0 saturated heterocycles. The number of nitro benzene ring substituents is 1. The molecule has 1 N–H and O–H groups in total. The first-order valence-corrected chi connectivity index (χ1v) is 17.0. The number of nitro groups is 1. The zero-order valence-electron chi connectivity index (χ0n) is 26.3.